The Morgan fingerprint density at radius 3 is 2.83 bits per heavy atom. The second kappa shape index (κ2) is 5.01. The number of carbonyl (C=O) groups is 1. The lowest BCUT2D eigenvalue weighted by molar-refractivity contribution is 0.100. The van der Waals surface area contributed by atoms with Crippen LogP contribution in [0.25, 0.3) is 0 Å². The van der Waals surface area contributed by atoms with Gasteiger partial charge in [-0.25, -0.2) is 4.39 Å². The van der Waals surface area contributed by atoms with Crippen molar-refractivity contribution in [3.8, 4) is 0 Å². The molecular formula is C13H12FNO3. The van der Waals surface area contributed by atoms with E-state index in [0.29, 0.717) is 5.76 Å². The normalized spacial score (nSPS) is 10.6. The van der Waals surface area contributed by atoms with Gasteiger partial charge in [-0.3, -0.25) is 4.79 Å². The summed E-state index contributed by atoms with van der Waals surface area (Å²) >= 11 is 0. The van der Waals surface area contributed by atoms with Gasteiger partial charge in [-0.15, -0.1) is 0 Å². The third kappa shape index (κ3) is 2.41. The average Bonchev–Trinajstić information content (AvgIpc) is 2.77. The molecule has 2 aromatic rings. The first-order valence-corrected chi connectivity index (χ1v) is 5.29. The van der Waals surface area contributed by atoms with Crippen LogP contribution in [0.15, 0.2) is 34.7 Å². The zero-order chi connectivity index (χ0) is 13.1. The Hall–Kier alpha value is -2.14. The van der Waals surface area contributed by atoms with Gasteiger partial charge in [0, 0.05) is 18.4 Å². The van der Waals surface area contributed by atoms with Gasteiger partial charge in [0.2, 0.25) is 5.78 Å². The van der Waals surface area contributed by atoms with Crippen LogP contribution in [-0.2, 0) is 11.3 Å². The number of furan rings is 1. The maximum absolute atomic E-state index is 12.9. The molecule has 0 bridgehead atoms. The average molecular weight is 249 g/mol. The first-order chi connectivity index (χ1) is 8.61. The van der Waals surface area contributed by atoms with Crippen molar-refractivity contribution in [1.82, 2.24) is 0 Å². The molecule has 0 radical (unpaired) electrons. The molecule has 4 nitrogen and oxygen atoms in total. The van der Waals surface area contributed by atoms with E-state index < -0.39 is 5.82 Å². The van der Waals surface area contributed by atoms with Gasteiger partial charge in [0.1, 0.15) is 18.2 Å². The lowest BCUT2D eigenvalue weighted by Gasteiger charge is -2.02. The number of halogens is 1. The number of nitrogen functional groups attached to an aromatic ring is 1. The summed E-state index contributed by atoms with van der Waals surface area (Å²) in [4.78, 5) is 12.1. The fourth-order valence-electron chi connectivity index (χ4n) is 1.59. The largest absolute Gasteiger partial charge is 0.455 e. The molecule has 0 aliphatic heterocycles. The molecule has 94 valence electrons. The number of ether oxygens (including phenoxy) is 1. The second-order valence-corrected chi connectivity index (χ2v) is 3.76. The molecule has 0 aliphatic carbocycles. The van der Waals surface area contributed by atoms with Crippen molar-refractivity contribution in [3.05, 3.63) is 53.2 Å². The number of hydrogen-bond donors (Lipinski definition) is 1. The van der Waals surface area contributed by atoms with Crippen LogP contribution in [0.3, 0.4) is 0 Å². The molecule has 1 heterocycles. The molecule has 1 aromatic heterocycles. The fourth-order valence-corrected chi connectivity index (χ4v) is 1.59. The van der Waals surface area contributed by atoms with Crippen LogP contribution in [-0.4, -0.2) is 12.9 Å². The van der Waals surface area contributed by atoms with Gasteiger partial charge in [0.25, 0.3) is 0 Å². The summed E-state index contributed by atoms with van der Waals surface area (Å²) in [6.45, 7) is 0.284. The molecule has 0 fully saturated rings. The number of carbonyl (C=O) groups excluding carboxylic acids is 1. The fraction of sp³-hybridized carbons (Fsp3) is 0.154. The molecule has 2 N–H and O–H groups in total. The van der Waals surface area contributed by atoms with Crippen molar-refractivity contribution in [2.45, 2.75) is 6.61 Å². The van der Waals surface area contributed by atoms with E-state index in [1.54, 1.807) is 12.1 Å². The monoisotopic (exact) mass is 249 g/mol. The number of hydrogen-bond acceptors (Lipinski definition) is 4. The summed E-state index contributed by atoms with van der Waals surface area (Å²) in [5.41, 5.74) is 5.90. The molecule has 18 heavy (non-hydrogen) atoms. The van der Waals surface area contributed by atoms with Gasteiger partial charge >= 0.3 is 0 Å². The van der Waals surface area contributed by atoms with Crippen molar-refractivity contribution >= 4 is 11.5 Å². The number of benzene rings is 1. The summed E-state index contributed by atoms with van der Waals surface area (Å²) in [5.74, 6) is -0.166. The van der Waals surface area contributed by atoms with Gasteiger partial charge < -0.3 is 14.9 Å². The molecule has 0 saturated heterocycles. The smallest absolute Gasteiger partial charge is 0.230 e. The Balaban J connectivity index is 2.29. The molecule has 0 atom stereocenters. The number of anilines is 1. The van der Waals surface area contributed by atoms with Crippen LogP contribution in [0.1, 0.15) is 21.9 Å². The first kappa shape index (κ1) is 12.3. The molecule has 0 aliphatic rings. The Bertz CT molecular complexity index is 577. The lowest BCUT2D eigenvalue weighted by Crippen LogP contribution is -2.04. The van der Waals surface area contributed by atoms with Crippen LogP contribution in [0, 0.1) is 5.82 Å². The highest BCUT2D eigenvalue weighted by atomic mass is 19.1. The van der Waals surface area contributed by atoms with Gasteiger partial charge in [0.15, 0.2) is 5.76 Å². The predicted octanol–water partition coefficient (Wildman–Crippen LogP) is 2.38. The summed E-state index contributed by atoms with van der Waals surface area (Å²) < 4.78 is 23.1. The quantitative estimate of drug-likeness (QED) is 0.667. The summed E-state index contributed by atoms with van der Waals surface area (Å²) in [6, 6.07) is 6.82. The van der Waals surface area contributed by atoms with Crippen LogP contribution in [0.2, 0.25) is 0 Å². The maximum Gasteiger partial charge on any atom is 0.230 e. The van der Waals surface area contributed by atoms with Crippen molar-refractivity contribution in [1.29, 1.82) is 0 Å². The SMILES string of the molecule is COCc1ccc(C(=O)c2ccc(F)cc2N)o1. The van der Waals surface area contributed by atoms with Gasteiger partial charge in [-0.05, 0) is 30.3 Å². The van der Waals surface area contributed by atoms with Crippen LogP contribution in [0.4, 0.5) is 10.1 Å². The highest BCUT2D eigenvalue weighted by Crippen LogP contribution is 2.19. The molecule has 0 spiro atoms. The molecule has 1 aromatic carbocycles. The molecule has 2 rings (SSSR count). The molecule has 5 heteroatoms. The van der Waals surface area contributed by atoms with E-state index in [4.69, 9.17) is 14.9 Å². The predicted molar refractivity (Wildman–Crippen MR) is 63.7 cm³/mol. The van der Waals surface area contributed by atoms with Gasteiger partial charge in [0.05, 0.1) is 0 Å². The van der Waals surface area contributed by atoms with E-state index in [1.807, 2.05) is 0 Å². The van der Waals surface area contributed by atoms with Crippen molar-refractivity contribution < 1.29 is 18.3 Å². The van der Waals surface area contributed by atoms with E-state index >= 15 is 0 Å². The third-order valence-corrected chi connectivity index (χ3v) is 2.43. The summed E-state index contributed by atoms with van der Waals surface area (Å²) in [5, 5.41) is 0. The molecule has 0 amide bonds. The minimum absolute atomic E-state index is 0.0877. The van der Waals surface area contributed by atoms with E-state index in [0.717, 1.165) is 6.07 Å². The Labute approximate surface area is 103 Å². The van der Waals surface area contributed by atoms with Crippen molar-refractivity contribution in [2.24, 2.45) is 0 Å². The highest BCUT2D eigenvalue weighted by Gasteiger charge is 2.16. The number of ketones is 1. The minimum Gasteiger partial charge on any atom is -0.455 e. The number of methoxy groups -OCH3 is 1. The summed E-state index contributed by atoms with van der Waals surface area (Å²) in [6.07, 6.45) is 0. The van der Waals surface area contributed by atoms with E-state index in [2.05, 4.69) is 0 Å². The lowest BCUT2D eigenvalue weighted by atomic mass is 10.1. The summed E-state index contributed by atoms with van der Waals surface area (Å²) in [7, 11) is 1.53. The Morgan fingerprint density at radius 2 is 2.17 bits per heavy atom. The highest BCUT2D eigenvalue weighted by molar-refractivity contribution is 6.10. The first-order valence-electron chi connectivity index (χ1n) is 5.29. The van der Waals surface area contributed by atoms with Crippen LogP contribution in [0.5, 0.6) is 0 Å². The zero-order valence-corrected chi connectivity index (χ0v) is 9.77. The van der Waals surface area contributed by atoms with Crippen LogP contribution < -0.4 is 5.73 Å². The van der Waals surface area contributed by atoms with E-state index in [1.165, 1.54) is 19.2 Å². The van der Waals surface area contributed by atoms with E-state index in [9.17, 15) is 9.18 Å². The number of nitrogens with two attached hydrogens (primary N) is 1. The molecule has 0 saturated carbocycles. The van der Waals surface area contributed by atoms with Crippen molar-refractivity contribution in [2.75, 3.05) is 12.8 Å². The Kier molecular flexibility index (Phi) is 3.43. The van der Waals surface area contributed by atoms with Crippen LogP contribution >= 0.6 is 0 Å². The maximum atomic E-state index is 12.9. The Morgan fingerprint density at radius 1 is 1.39 bits per heavy atom. The van der Waals surface area contributed by atoms with E-state index in [-0.39, 0.29) is 29.4 Å². The second-order valence-electron chi connectivity index (χ2n) is 3.76. The topological polar surface area (TPSA) is 65.5 Å². The number of rotatable bonds is 4. The minimum atomic E-state index is -0.483. The van der Waals surface area contributed by atoms with Gasteiger partial charge in [-0.2, -0.15) is 0 Å². The van der Waals surface area contributed by atoms with Gasteiger partial charge in [-0.1, -0.05) is 0 Å². The van der Waals surface area contributed by atoms with Crippen molar-refractivity contribution in [3.63, 3.8) is 0 Å². The molecule has 0 unspecified atom stereocenters. The zero-order valence-electron chi connectivity index (χ0n) is 9.77. The standard InChI is InChI=1S/C13H12FNO3/c1-17-7-9-3-5-12(18-9)13(16)10-4-2-8(14)6-11(10)15/h2-6H,7,15H2,1H3. The third-order valence-electron chi connectivity index (χ3n) is 2.43. The molecular weight excluding hydrogens is 237 g/mol.